The SMILES string of the molecule is CC[C@@H]1C[C@H](C(F)(F)F)n2nc([C@@H]3CCN(S(=O)(=O)c4ccc(F)cc4)C3)cc2N1. The molecule has 1 aromatic carbocycles. The second-order valence-corrected chi connectivity index (χ2v) is 9.68. The van der Waals surface area contributed by atoms with Crippen LogP contribution in [-0.2, 0) is 10.0 Å². The Hall–Kier alpha value is -2.14. The van der Waals surface area contributed by atoms with Gasteiger partial charge in [0, 0.05) is 31.1 Å². The van der Waals surface area contributed by atoms with E-state index in [0.29, 0.717) is 24.4 Å². The summed E-state index contributed by atoms with van der Waals surface area (Å²) in [5, 5.41) is 7.31. The van der Waals surface area contributed by atoms with Gasteiger partial charge in [-0.25, -0.2) is 17.5 Å². The van der Waals surface area contributed by atoms with Gasteiger partial charge in [0.15, 0.2) is 6.04 Å². The lowest BCUT2D eigenvalue weighted by Crippen LogP contribution is -2.38. The largest absolute Gasteiger partial charge is 0.410 e. The molecule has 2 aliphatic rings. The van der Waals surface area contributed by atoms with Gasteiger partial charge in [0.2, 0.25) is 10.0 Å². The van der Waals surface area contributed by atoms with Crippen molar-refractivity contribution in [1.29, 1.82) is 0 Å². The second kappa shape index (κ2) is 7.52. The molecular formula is C19H22F4N4O2S. The molecule has 1 N–H and O–H groups in total. The van der Waals surface area contributed by atoms with Gasteiger partial charge in [-0.15, -0.1) is 0 Å². The van der Waals surface area contributed by atoms with E-state index in [4.69, 9.17) is 0 Å². The van der Waals surface area contributed by atoms with Crippen LogP contribution in [0.25, 0.3) is 0 Å². The molecule has 2 aliphatic heterocycles. The Morgan fingerprint density at radius 3 is 2.57 bits per heavy atom. The Labute approximate surface area is 171 Å². The van der Waals surface area contributed by atoms with E-state index < -0.39 is 28.1 Å². The van der Waals surface area contributed by atoms with Crippen molar-refractivity contribution in [2.75, 3.05) is 18.4 Å². The highest BCUT2D eigenvalue weighted by Gasteiger charge is 2.46. The van der Waals surface area contributed by atoms with Crippen LogP contribution < -0.4 is 5.32 Å². The molecule has 0 amide bonds. The molecule has 6 nitrogen and oxygen atoms in total. The minimum absolute atomic E-state index is 0.0155. The molecule has 164 valence electrons. The first-order valence-corrected chi connectivity index (χ1v) is 11.2. The van der Waals surface area contributed by atoms with Gasteiger partial charge in [0.25, 0.3) is 0 Å². The fourth-order valence-corrected chi connectivity index (χ4v) is 5.58. The third kappa shape index (κ3) is 3.80. The molecule has 0 radical (unpaired) electrons. The minimum atomic E-state index is -4.42. The monoisotopic (exact) mass is 446 g/mol. The maximum Gasteiger partial charge on any atom is 0.410 e. The van der Waals surface area contributed by atoms with E-state index in [1.807, 2.05) is 6.92 Å². The number of alkyl halides is 3. The van der Waals surface area contributed by atoms with Crippen molar-refractivity contribution in [1.82, 2.24) is 14.1 Å². The molecule has 0 unspecified atom stereocenters. The molecule has 1 saturated heterocycles. The molecule has 0 bridgehead atoms. The zero-order chi connectivity index (χ0) is 21.7. The number of fused-ring (bicyclic) bond motifs is 1. The van der Waals surface area contributed by atoms with Crippen LogP contribution in [0.2, 0.25) is 0 Å². The standard InChI is InChI=1S/C19H22F4N4O2S/c1-2-14-9-17(19(21,22)23)27-18(24-14)10-16(25-27)12-7-8-26(11-12)30(28,29)15-5-3-13(20)4-6-15/h3-6,10,12,14,17,24H,2,7-9,11H2,1H3/t12-,14-,17-/m1/s1. The number of hydrogen-bond donors (Lipinski definition) is 1. The third-order valence-corrected chi connectivity index (χ3v) is 7.68. The van der Waals surface area contributed by atoms with Crippen molar-refractivity contribution >= 4 is 15.8 Å². The molecular weight excluding hydrogens is 424 g/mol. The predicted molar refractivity (Wildman–Crippen MR) is 102 cm³/mol. The molecule has 4 rings (SSSR count). The first-order valence-electron chi connectivity index (χ1n) is 9.78. The Morgan fingerprint density at radius 1 is 1.23 bits per heavy atom. The highest BCUT2D eigenvalue weighted by atomic mass is 32.2. The van der Waals surface area contributed by atoms with Gasteiger partial charge in [-0.2, -0.15) is 22.6 Å². The van der Waals surface area contributed by atoms with Crippen LogP contribution >= 0.6 is 0 Å². The summed E-state index contributed by atoms with van der Waals surface area (Å²) in [6, 6.07) is 4.17. The minimum Gasteiger partial charge on any atom is -0.367 e. The Morgan fingerprint density at radius 2 is 1.93 bits per heavy atom. The van der Waals surface area contributed by atoms with Crippen LogP contribution in [0.15, 0.2) is 35.2 Å². The summed E-state index contributed by atoms with van der Waals surface area (Å²) in [6.07, 6.45) is -3.50. The first-order chi connectivity index (χ1) is 14.1. The van der Waals surface area contributed by atoms with E-state index in [9.17, 15) is 26.0 Å². The Bertz CT molecular complexity index is 1020. The normalized spacial score (nSPS) is 25.2. The molecule has 2 aromatic rings. The van der Waals surface area contributed by atoms with Crippen molar-refractivity contribution in [3.63, 3.8) is 0 Å². The fraction of sp³-hybridized carbons (Fsp3) is 0.526. The zero-order valence-corrected chi connectivity index (χ0v) is 17.0. The number of aromatic nitrogens is 2. The van der Waals surface area contributed by atoms with Gasteiger partial charge in [-0.1, -0.05) is 6.92 Å². The maximum absolute atomic E-state index is 13.5. The summed E-state index contributed by atoms with van der Waals surface area (Å²) >= 11 is 0. The highest BCUT2D eigenvalue weighted by Crippen LogP contribution is 2.41. The molecule has 1 fully saturated rings. The lowest BCUT2D eigenvalue weighted by Gasteiger charge is -2.32. The second-order valence-electron chi connectivity index (χ2n) is 7.74. The molecule has 0 aliphatic carbocycles. The van der Waals surface area contributed by atoms with Crippen LogP contribution in [0.1, 0.15) is 43.8 Å². The summed E-state index contributed by atoms with van der Waals surface area (Å²) in [6.45, 7) is 2.16. The smallest absolute Gasteiger partial charge is 0.367 e. The van der Waals surface area contributed by atoms with Crippen LogP contribution in [0.3, 0.4) is 0 Å². The topological polar surface area (TPSA) is 67.2 Å². The Balaban J connectivity index is 1.57. The van der Waals surface area contributed by atoms with Crippen molar-refractivity contribution in [2.24, 2.45) is 0 Å². The number of sulfonamides is 1. The van der Waals surface area contributed by atoms with Crippen LogP contribution in [0.4, 0.5) is 23.4 Å². The maximum atomic E-state index is 13.5. The van der Waals surface area contributed by atoms with Crippen molar-refractivity contribution < 1.29 is 26.0 Å². The average molecular weight is 446 g/mol. The van der Waals surface area contributed by atoms with Crippen LogP contribution in [0.5, 0.6) is 0 Å². The van der Waals surface area contributed by atoms with Gasteiger partial charge in [0.1, 0.15) is 11.6 Å². The number of halogens is 4. The van der Waals surface area contributed by atoms with Crippen LogP contribution in [0, 0.1) is 5.82 Å². The molecule has 3 heterocycles. The van der Waals surface area contributed by atoms with E-state index in [-0.39, 0.29) is 36.4 Å². The lowest BCUT2D eigenvalue weighted by atomic mass is 10.0. The molecule has 0 spiro atoms. The summed E-state index contributed by atoms with van der Waals surface area (Å²) in [5.41, 5.74) is 0.445. The number of nitrogens with zero attached hydrogens (tertiary/aromatic N) is 3. The van der Waals surface area contributed by atoms with Crippen molar-refractivity contribution in [3.8, 4) is 0 Å². The molecule has 3 atom stereocenters. The highest BCUT2D eigenvalue weighted by molar-refractivity contribution is 7.89. The molecule has 11 heteroatoms. The first kappa shape index (κ1) is 21.1. The number of nitrogens with one attached hydrogen (secondary N) is 1. The zero-order valence-electron chi connectivity index (χ0n) is 16.2. The van der Waals surface area contributed by atoms with E-state index >= 15 is 0 Å². The summed E-state index contributed by atoms with van der Waals surface area (Å²) in [5.74, 6) is -0.534. The van der Waals surface area contributed by atoms with Gasteiger partial charge >= 0.3 is 6.18 Å². The van der Waals surface area contributed by atoms with E-state index in [1.165, 1.54) is 16.4 Å². The average Bonchev–Trinajstić information content (AvgIpc) is 3.34. The number of anilines is 1. The number of hydrogen-bond acceptors (Lipinski definition) is 4. The van der Waals surface area contributed by atoms with E-state index in [2.05, 4.69) is 10.4 Å². The van der Waals surface area contributed by atoms with E-state index in [1.54, 1.807) is 6.07 Å². The summed E-state index contributed by atoms with van der Waals surface area (Å²) in [4.78, 5) is -0.0155. The lowest BCUT2D eigenvalue weighted by molar-refractivity contribution is -0.173. The van der Waals surface area contributed by atoms with Gasteiger partial charge in [-0.3, -0.25) is 0 Å². The third-order valence-electron chi connectivity index (χ3n) is 5.80. The molecule has 0 saturated carbocycles. The molecule has 30 heavy (non-hydrogen) atoms. The Kier molecular flexibility index (Phi) is 5.29. The van der Waals surface area contributed by atoms with Crippen molar-refractivity contribution in [3.05, 3.63) is 41.8 Å². The number of benzene rings is 1. The fourth-order valence-electron chi connectivity index (χ4n) is 4.08. The van der Waals surface area contributed by atoms with E-state index in [0.717, 1.165) is 16.8 Å². The van der Waals surface area contributed by atoms with Gasteiger partial charge in [0.05, 0.1) is 10.6 Å². The summed E-state index contributed by atoms with van der Waals surface area (Å²) < 4.78 is 81.6. The molecule has 1 aromatic heterocycles. The van der Waals surface area contributed by atoms with Crippen molar-refractivity contribution in [2.45, 2.75) is 55.3 Å². The summed E-state index contributed by atoms with van der Waals surface area (Å²) in [7, 11) is -3.81. The van der Waals surface area contributed by atoms with Gasteiger partial charge < -0.3 is 5.32 Å². The van der Waals surface area contributed by atoms with Crippen LogP contribution in [-0.4, -0.2) is 47.8 Å². The number of rotatable bonds is 4. The van der Waals surface area contributed by atoms with Gasteiger partial charge in [-0.05, 0) is 43.5 Å². The quantitative estimate of drug-likeness (QED) is 0.724. The predicted octanol–water partition coefficient (Wildman–Crippen LogP) is 3.90.